The summed E-state index contributed by atoms with van der Waals surface area (Å²) >= 11 is 7.42. The van der Waals surface area contributed by atoms with Gasteiger partial charge in [-0.1, -0.05) is 37.9 Å². The van der Waals surface area contributed by atoms with Gasteiger partial charge in [0.1, 0.15) is 0 Å². The van der Waals surface area contributed by atoms with Crippen LogP contribution in [0.1, 0.15) is 41.3 Å². The molecule has 0 N–H and O–H groups in total. The molecule has 1 aromatic carbocycles. The van der Waals surface area contributed by atoms with Crippen molar-refractivity contribution >= 4 is 31.9 Å². The van der Waals surface area contributed by atoms with Crippen molar-refractivity contribution in [2.75, 3.05) is 6.61 Å². The summed E-state index contributed by atoms with van der Waals surface area (Å²) in [6.45, 7) is 7.38. The molecular weight excluding hydrogens is 344 g/mol. The summed E-state index contributed by atoms with van der Waals surface area (Å²) < 4.78 is 7.10. The lowest BCUT2D eigenvalue weighted by atomic mass is 9.90. The number of alkyl halides is 1. The normalized spacial score (nSPS) is 26.2. The van der Waals surface area contributed by atoms with E-state index in [2.05, 4.69) is 64.8 Å². The van der Waals surface area contributed by atoms with Gasteiger partial charge in [0.25, 0.3) is 0 Å². The molecule has 2 unspecified atom stereocenters. The van der Waals surface area contributed by atoms with Gasteiger partial charge in [0.15, 0.2) is 0 Å². The lowest BCUT2D eigenvalue weighted by molar-refractivity contribution is 0.0196. The number of rotatable bonds is 2. The first kappa shape index (κ1) is 13.6. The fraction of sp³-hybridized carbons (Fsp3) is 0.571. The molecule has 3 heteroatoms. The van der Waals surface area contributed by atoms with Crippen molar-refractivity contribution < 1.29 is 4.74 Å². The molecule has 1 nitrogen and oxygen atoms in total. The highest BCUT2D eigenvalue weighted by Crippen LogP contribution is 2.44. The van der Waals surface area contributed by atoms with Crippen molar-refractivity contribution in [2.24, 2.45) is 0 Å². The molecule has 0 spiro atoms. The van der Waals surface area contributed by atoms with Crippen LogP contribution < -0.4 is 0 Å². The molecule has 2 rings (SSSR count). The van der Waals surface area contributed by atoms with Crippen molar-refractivity contribution in [3.8, 4) is 0 Å². The number of aryl methyl sites for hydroxylation is 2. The Kier molecular flexibility index (Phi) is 4.01. The highest BCUT2D eigenvalue weighted by molar-refractivity contribution is 9.10. The van der Waals surface area contributed by atoms with Gasteiger partial charge in [0.05, 0.1) is 10.4 Å². The summed E-state index contributed by atoms with van der Waals surface area (Å²) in [5, 5.41) is 0. The SMILES string of the molecule is Cc1cc(C(Br)C2(C)CCCO2)c(C)cc1Br. The maximum atomic E-state index is 5.92. The second-order valence-corrected chi connectivity index (χ2v) is 6.86. The Balaban J connectivity index is 2.36. The first-order chi connectivity index (χ1) is 7.94. The van der Waals surface area contributed by atoms with Crippen LogP contribution >= 0.6 is 31.9 Å². The van der Waals surface area contributed by atoms with Crippen LogP contribution in [0.4, 0.5) is 0 Å². The third kappa shape index (κ3) is 2.61. The Morgan fingerprint density at radius 2 is 2.00 bits per heavy atom. The minimum atomic E-state index is -0.0645. The summed E-state index contributed by atoms with van der Waals surface area (Å²) in [6, 6.07) is 4.45. The zero-order valence-electron chi connectivity index (χ0n) is 10.5. The molecule has 0 radical (unpaired) electrons. The monoisotopic (exact) mass is 360 g/mol. The molecule has 0 aromatic heterocycles. The van der Waals surface area contributed by atoms with Crippen molar-refractivity contribution in [1.29, 1.82) is 0 Å². The number of ether oxygens (including phenoxy) is 1. The van der Waals surface area contributed by atoms with Crippen molar-refractivity contribution in [1.82, 2.24) is 0 Å². The predicted molar refractivity (Wildman–Crippen MR) is 78.9 cm³/mol. The fourth-order valence-corrected chi connectivity index (χ4v) is 3.72. The van der Waals surface area contributed by atoms with E-state index in [1.54, 1.807) is 0 Å². The molecular formula is C14H18Br2O. The smallest absolute Gasteiger partial charge is 0.0820 e. The van der Waals surface area contributed by atoms with Gasteiger partial charge in [-0.05, 0) is 56.4 Å². The molecule has 1 heterocycles. The number of hydrogen-bond acceptors (Lipinski definition) is 1. The van der Waals surface area contributed by atoms with Gasteiger partial charge >= 0.3 is 0 Å². The van der Waals surface area contributed by atoms with Gasteiger partial charge in [0.2, 0.25) is 0 Å². The Labute approximate surface area is 120 Å². The molecule has 17 heavy (non-hydrogen) atoms. The van der Waals surface area contributed by atoms with Crippen LogP contribution in [-0.2, 0) is 4.74 Å². The Morgan fingerprint density at radius 3 is 2.59 bits per heavy atom. The second kappa shape index (κ2) is 5.02. The van der Waals surface area contributed by atoms with Crippen LogP contribution in [0.15, 0.2) is 16.6 Å². The summed E-state index contributed by atoms with van der Waals surface area (Å²) in [5.74, 6) is 0. The maximum Gasteiger partial charge on any atom is 0.0820 e. The molecule has 1 aliphatic rings. The van der Waals surface area contributed by atoms with Gasteiger partial charge in [-0.2, -0.15) is 0 Å². The topological polar surface area (TPSA) is 9.23 Å². The summed E-state index contributed by atoms with van der Waals surface area (Å²) in [6.07, 6.45) is 2.28. The molecule has 94 valence electrons. The predicted octanol–water partition coefficient (Wildman–Crippen LogP) is 5.07. The van der Waals surface area contributed by atoms with Crippen molar-refractivity contribution in [3.05, 3.63) is 33.3 Å². The van der Waals surface area contributed by atoms with Crippen LogP contribution in [0, 0.1) is 13.8 Å². The highest BCUT2D eigenvalue weighted by Gasteiger charge is 2.38. The summed E-state index contributed by atoms with van der Waals surface area (Å²) in [4.78, 5) is 0.268. The van der Waals surface area contributed by atoms with Gasteiger partial charge in [-0.3, -0.25) is 0 Å². The van der Waals surface area contributed by atoms with Crippen molar-refractivity contribution in [2.45, 2.75) is 44.0 Å². The lowest BCUT2D eigenvalue weighted by Crippen LogP contribution is -2.29. The molecule has 0 amide bonds. The molecule has 0 saturated carbocycles. The van der Waals surface area contributed by atoms with E-state index >= 15 is 0 Å². The van der Waals surface area contributed by atoms with Gasteiger partial charge in [-0.15, -0.1) is 0 Å². The number of benzene rings is 1. The van der Waals surface area contributed by atoms with Crippen LogP contribution in [0.2, 0.25) is 0 Å². The Bertz CT molecular complexity index is 422. The van der Waals surface area contributed by atoms with E-state index in [4.69, 9.17) is 4.74 Å². The van der Waals surface area contributed by atoms with Crippen LogP contribution in [0.5, 0.6) is 0 Å². The fourth-order valence-electron chi connectivity index (χ4n) is 2.41. The van der Waals surface area contributed by atoms with Crippen LogP contribution in [0.25, 0.3) is 0 Å². The maximum absolute atomic E-state index is 5.92. The van der Waals surface area contributed by atoms with E-state index in [1.165, 1.54) is 21.2 Å². The number of hydrogen-bond donors (Lipinski definition) is 0. The summed E-state index contributed by atoms with van der Waals surface area (Å²) in [7, 11) is 0. The first-order valence-corrected chi connectivity index (χ1v) is 7.69. The van der Waals surface area contributed by atoms with E-state index in [9.17, 15) is 0 Å². The second-order valence-electron chi connectivity index (χ2n) is 5.09. The summed E-state index contributed by atoms with van der Waals surface area (Å²) in [5.41, 5.74) is 3.86. The largest absolute Gasteiger partial charge is 0.374 e. The highest BCUT2D eigenvalue weighted by atomic mass is 79.9. The third-order valence-electron chi connectivity index (χ3n) is 3.61. The molecule has 0 aliphatic carbocycles. The first-order valence-electron chi connectivity index (χ1n) is 5.99. The zero-order chi connectivity index (χ0) is 12.6. The van der Waals surface area contributed by atoms with E-state index < -0.39 is 0 Å². The van der Waals surface area contributed by atoms with E-state index in [1.807, 2.05) is 0 Å². The molecule has 1 aromatic rings. The lowest BCUT2D eigenvalue weighted by Gasteiger charge is -2.30. The van der Waals surface area contributed by atoms with Gasteiger partial charge in [0, 0.05) is 11.1 Å². The zero-order valence-corrected chi connectivity index (χ0v) is 13.7. The van der Waals surface area contributed by atoms with E-state index in [0.29, 0.717) is 0 Å². The molecule has 1 saturated heterocycles. The molecule has 0 bridgehead atoms. The van der Waals surface area contributed by atoms with Crippen LogP contribution in [0.3, 0.4) is 0 Å². The average Bonchev–Trinajstić information content (AvgIpc) is 2.71. The van der Waals surface area contributed by atoms with Crippen molar-refractivity contribution in [3.63, 3.8) is 0 Å². The standard InChI is InChI=1S/C14H18Br2O/c1-9-8-12(15)10(2)7-11(9)13(16)14(3)5-4-6-17-14/h7-8,13H,4-6H2,1-3H3. The quantitative estimate of drug-likeness (QED) is 0.668. The molecule has 2 atom stereocenters. The van der Waals surface area contributed by atoms with Gasteiger partial charge in [-0.25, -0.2) is 0 Å². The average molecular weight is 362 g/mol. The van der Waals surface area contributed by atoms with E-state index in [-0.39, 0.29) is 10.4 Å². The molecule has 1 fully saturated rings. The number of halogens is 2. The minimum Gasteiger partial charge on any atom is -0.374 e. The van der Waals surface area contributed by atoms with E-state index in [0.717, 1.165) is 19.4 Å². The van der Waals surface area contributed by atoms with Crippen LogP contribution in [-0.4, -0.2) is 12.2 Å². The molecule has 1 aliphatic heterocycles. The Morgan fingerprint density at radius 1 is 1.29 bits per heavy atom. The minimum absolute atomic E-state index is 0.0645. The third-order valence-corrected chi connectivity index (χ3v) is 5.92. The Hall–Kier alpha value is 0.140. The van der Waals surface area contributed by atoms with Gasteiger partial charge < -0.3 is 4.74 Å².